The van der Waals surface area contributed by atoms with Crippen LogP contribution in [0.3, 0.4) is 0 Å². The molecule has 20 heavy (non-hydrogen) atoms. The van der Waals surface area contributed by atoms with Gasteiger partial charge in [-0.2, -0.15) is 4.98 Å². The minimum atomic E-state index is -0.454. The molecule has 3 rings (SSSR count). The van der Waals surface area contributed by atoms with Crippen LogP contribution in [0.15, 0.2) is 9.59 Å². The van der Waals surface area contributed by atoms with Crippen LogP contribution in [-0.4, -0.2) is 28.8 Å². The molecule has 0 spiro atoms. The molecule has 0 saturated carbocycles. The van der Waals surface area contributed by atoms with Crippen LogP contribution in [0.2, 0.25) is 0 Å². The van der Waals surface area contributed by atoms with Crippen LogP contribution in [-0.2, 0) is 13.6 Å². The topological polar surface area (TPSA) is 77.1 Å². The molecule has 0 aliphatic heterocycles. The summed E-state index contributed by atoms with van der Waals surface area (Å²) in [6, 6.07) is 0. The summed E-state index contributed by atoms with van der Waals surface area (Å²) in [5.74, 6) is 0.682. The largest absolute Gasteiger partial charge is 0.329 e. The van der Waals surface area contributed by atoms with E-state index in [0.717, 1.165) is 23.3 Å². The Morgan fingerprint density at radius 3 is 2.60 bits per heavy atom. The lowest BCUT2D eigenvalue weighted by molar-refractivity contribution is 0.766. The SMILES string of the molecule is Cc1c(C)n2c3c(=O)[nH]c(=O)n(C)c3nc2n1CCBr. The zero-order valence-corrected chi connectivity index (χ0v) is 13.0. The first-order valence-corrected chi connectivity index (χ1v) is 7.32. The summed E-state index contributed by atoms with van der Waals surface area (Å²) in [4.78, 5) is 30.6. The van der Waals surface area contributed by atoms with Gasteiger partial charge >= 0.3 is 5.69 Å². The van der Waals surface area contributed by atoms with E-state index in [2.05, 4.69) is 25.9 Å². The Bertz CT molecular complexity index is 943. The maximum absolute atomic E-state index is 12.1. The molecule has 3 heterocycles. The van der Waals surface area contributed by atoms with E-state index in [1.54, 1.807) is 7.05 Å². The number of H-pyrrole nitrogens is 1. The molecular formula is C12H14BrN5O2. The van der Waals surface area contributed by atoms with Crippen molar-refractivity contribution in [1.29, 1.82) is 0 Å². The highest BCUT2D eigenvalue weighted by molar-refractivity contribution is 9.09. The third kappa shape index (κ3) is 1.54. The van der Waals surface area contributed by atoms with Crippen LogP contribution in [0, 0.1) is 13.8 Å². The van der Waals surface area contributed by atoms with E-state index in [-0.39, 0.29) is 0 Å². The zero-order chi connectivity index (χ0) is 14.6. The molecule has 0 fully saturated rings. The second-order valence-electron chi connectivity index (χ2n) is 4.75. The monoisotopic (exact) mass is 339 g/mol. The first kappa shape index (κ1) is 13.2. The second-order valence-corrected chi connectivity index (χ2v) is 5.54. The van der Waals surface area contributed by atoms with Crippen molar-refractivity contribution in [3.05, 3.63) is 32.2 Å². The Hall–Kier alpha value is -1.83. The lowest BCUT2D eigenvalue weighted by atomic mass is 10.3. The number of rotatable bonds is 2. The van der Waals surface area contributed by atoms with Gasteiger partial charge in [0.05, 0.1) is 0 Å². The molecule has 1 N–H and O–H groups in total. The number of halogens is 1. The highest BCUT2D eigenvalue weighted by Gasteiger charge is 2.19. The van der Waals surface area contributed by atoms with E-state index in [4.69, 9.17) is 0 Å². The summed E-state index contributed by atoms with van der Waals surface area (Å²) < 4.78 is 5.20. The van der Waals surface area contributed by atoms with Crippen molar-refractivity contribution in [3.63, 3.8) is 0 Å². The van der Waals surface area contributed by atoms with E-state index in [9.17, 15) is 9.59 Å². The van der Waals surface area contributed by atoms with Gasteiger partial charge in [-0.25, -0.2) is 4.79 Å². The Balaban J connectivity index is 2.61. The predicted molar refractivity (Wildman–Crippen MR) is 79.8 cm³/mol. The smallest absolute Gasteiger partial charge is 0.313 e. The molecule has 8 heteroatoms. The van der Waals surface area contributed by atoms with Gasteiger partial charge in [0.1, 0.15) is 0 Å². The summed E-state index contributed by atoms with van der Waals surface area (Å²) in [5, 5.41) is 0.788. The number of nitrogens with one attached hydrogen (secondary N) is 1. The fourth-order valence-electron chi connectivity index (χ4n) is 2.53. The average Bonchev–Trinajstić information content (AvgIpc) is 2.89. The number of hydrogen-bond acceptors (Lipinski definition) is 3. The molecule has 106 valence electrons. The molecule has 0 saturated heterocycles. The summed E-state index contributed by atoms with van der Waals surface area (Å²) in [6.45, 7) is 4.69. The van der Waals surface area contributed by atoms with Crippen LogP contribution in [0.5, 0.6) is 0 Å². The number of hydrogen-bond donors (Lipinski definition) is 1. The van der Waals surface area contributed by atoms with Crippen LogP contribution in [0.25, 0.3) is 16.9 Å². The quantitative estimate of drug-likeness (QED) is 0.698. The number of alkyl halides is 1. The lowest BCUT2D eigenvalue weighted by Crippen LogP contribution is -2.28. The van der Waals surface area contributed by atoms with Crippen molar-refractivity contribution in [2.24, 2.45) is 7.05 Å². The fraction of sp³-hybridized carbons (Fsp3) is 0.417. The highest BCUT2D eigenvalue weighted by Crippen LogP contribution is 2.20. The van der Waals surface area contributed by atoms with Crippen molar-refractivity contribution >= 4 is 32.9 Å². The van der Waals surface area contributed by atoms with Crippen LogP contribution < -0.4 is 11.2 Å². The van der Waals surface area contributed by atoms with Gasteiger partial charge in [-0.3, -0.25) is 18.7 Å². The molecule has 0 atom stereocenters. The Kier molecular flexibility index (Phi) is 2.86. The number of aromatic amines is 1. The van der Waals surface area contributed by atoms with Gasteiger partial charge in [0.2, 0.25) is 5.78 Å². The van der Waals surface area contributed by atoms with Gasteiger partial charge in [-0.15, -0.1) is 0 Å². The molecule has 3 aromatic heterocycles. The summed E-state index contributed by atoms with van der Waals surface area (Å²) in [7, 11) is 1.60. The summed E-state index contributed by atoms with van der Waals surface area (Å²) in [5.41, 5.74) is 1.96. The van der Waals surface area contributed by atoms with E-state index in [1.807, 2.05) is 22.8 Å². The van der Waals surface area contributed by atoms with E-state index in [1.165, 1.54) is 4.57 Å². The third-order valence-electron chi connectivity index (χ3n) is 3.71. The Morgan fingerprint density at radius 2 is 1.95 bits per heavy atom. The zero-order valence-electron chi connectivity index (χ0n) is 11.4. The molecule has 7 nitrogen and oxygen atoms in total. The van der Waals surface area contributed by atoms with Crippen LogP contribution >= 0.6 is 15.9 Å². The van der Waals surface area contributed by atoms with Gasteiger partial charge in [0, 0.05) is 30.3 Å². The Morgan fingerprint density at radius 1 is 1.25 bits per heavy atom. The number of aryl methyl sites for hydroxylation is 3. The molecular weight excluding hydrogens is 326 g/mol. The maximum atomic E-state index is 12.1. The predicted octanol–water partition coefficient (Wildman–Crippen LogP) is 0.688. The number of nitrogens with zero attached hydrogens (tertiary/aromatic N) is 4. The number of imidazole rings is 2. The standard InChI is InChI=1S/C12H14BrN5O2/c1-6-7(2)18-8-9(14-11(18)17(6)5-4-13)16(3)12(20)15-10(8)19/h4-5H2,1-3H3,(H,15,19,20). The minimum Gasteiger partial charge on any atom is -0.313 e. The van der Waals surface area contributed by atoms with Crippen molar-refractivity contribution in [2.75, 3.05) is 5.33 Å². The molecule has 0 amide bonds. The van der Waals surface area contributed by atoms with Crippen molar-refractivity contribution in [1.82, 2.24) is 23.5 Å². The van der Waals surface area contributed by atoms with Crippen molar-refractivity contribution < 1.29 is 0 Å². The molecule has 0 unspecified atom stereocenters. The van der Waals surface area contributed by atoms with Crippen LogP contribution in [0.4, 0.5) is 0 Å². The molecule has 0 aliphatic rings. The van der Waals surface area contributed by atoms with Gasteiger partial charge in [-0.1, -0.05) is 15.9 Å². The van der Waals surface area contributed by atoms with Gasteiger partial charge in [0.25, 0.3) is 5.56 Å². The summed E-state index contributed by atoms with van der Waals surface area (Å²) in [6.07, 6.45) is 0. The minimum absolute atomic E-state index is 0.403. The normalized spacial score (nSPS) is 11.8. The van der Waals surface area contributed by atoms with E-state index in [0.29, 0.717) is 16.9 Å². The van der Waals surface area contributed by atoms with Crippen molar-refractivity contribution in [2.45, 2.75) is 20.4 Å². The van der Waals surface area contributed by atoms with Crippen LogP contribution in [0.1, 0.15) is 11.4 Å². The highest BCUT2D eigenvalue weighted by atomic mass is 79.9. The first-order chi connectivity index (χ1) is 9.47. The first-order valence-electron chi connectivity index (χ1n) is 6.20. The van der Waals surface area contributed by atoms with Gasteiger partial charge in [-0.05, 0) is 13.8 Å². The van der Waals surface area contributed by atoms with E-state index >= 15 is 0 Å². The second kappa shape index (κ2) is 4.34. The molecule has 3 aromatic rings. The van der Waals surface area contributed by atoms with Crippen molar-refractivity contribution in [3.8, 4) is 0 Å². The molecule has 0 radical (unpaired) electrons. The van der Waals surface area contributed by atoms with E-state index < -0.39 is 11.2 Å². The third-order valence-corrected chi connectivity index (χ3v) is 4.07. The molecule has 0 bridgehead atoms. The number of fused-ring (bicyclic) bond motifs is 3. The number of aromatic nitrogens is 5. The lowest BCUT2D eigenvalue weighted by Gasteiger charge is -2.02. The average molecular weight is 340 g/mol. The van der Waals surface area contributed by atoms with Gasteiger partial charge in [0.15, 0.2) is 11.2 Å². The van der Waals surface area contributed by atoms with Gasteiger partial charge < -0.3 is 4.57 Å². The fourth-order valence-corrected chi connectivity index (χ4v) is 2.88. The Labute approximate surface area is 122 Å². The summed E-state index contributed by atoms with van der Waals surface area (Å²) >= 11 is 3.42. The maximum Gasteiger partial charge on any atom is 0.329 e. The molecule has 0 aromatic carbocycles. The molecule has 0 aliphatic carbocycles.